The lowest BCUT2D eigenvalue weighted by molar-refractivity contribution is 0.223. The third-order valence-corrected chi connectivity index (χ3v) is 2.47. The molecule has 0 aliphatic carbocycles. The summed E-state index contributed by atoms with van der Waals surface area (Å²) in [6.07, 6.45) is 1.01. The zero-order chi connectivity index (χ0) is 14.1. The summed E-state index contributed by atoms with van der Waals surface area (Å²) in [6, 6.07) is 6.01. The Balaban J connectivity index is 2.34. The molecule has 0 aliphatic rings. The van der Waals surface area contributed by atoms with Gasteiger partial charge >= 0.3 is 0 Å². The highest BCUT2D eigenvalue weighted by Gasteiger charge is 2.05. The van der Waals surface area contributed by atoms with Crippen molar-refractivity contribution in [1.29, 1.82) is 0 Å². The Morgan fingerprint density at radius 2 is 2.00 bits per heavy atom. The van der Waals surface area contributed by atoms with Gasteiger partial charge in [0, 0.05) is 13.6 Å². The van der Waals surface area contributed by atoms with E-state index in [9.17, 15) is 4.39 Å². The van der Waals surface area contributed by atoms with Crippen molar-refractivity contribution in [3.63, 3.8) is 0 Å². The van der Waals surface area contributed by atoms with E-state index in [4.69, 9.17) is 4.74 Å². The topological polar surface area (TPSA) is 45.7 Å². The molecule has 1 rings (SSSR count). The van der Waals surface area contributed by atoms with Crippen molar-refractivity contribution in [1.82, 2.24) is 10.6 Å². The first-order chi connectivity index (χ1) is 9.15. The Bertz CT molecular complexity index is 392. The van der Waals surface area contributed by atoms with Crippen LogP contribution in [-0.2, 0) is 0 Å². The van der Waals surface area contributed by atoms with Gasteiger partial charge in [0.15, 0.2) is 5.96 Å². The van der Waals surface area contributed by atoms with Crippen molar-refractivity contribution in [2.24, 2.45) is 4.99 Å². The van der Waals surface area contributed by atoms with Gasteiger partial charge in [-0.15, -0.1) is 0 Å². The minimum Gasteiger partial charge on any atom is -0.489 e. The SMILES string of the molecule is CCCNC(=NC)NCC(C)Oc1ccc(F)cc1. The van der Waals surface area contributed by atoms with E-state index in [0.29, 0.717) is 12.3 Å². The molecule has 1 aromatic carbocycles. The zero-order valence-corrected chi connectivity index (χ0v) is 11.7. The Morgan fingerprint density at radius 3 is 2.58 bits per heavy atom. The van der Waals surface area contributed by atoms with E-state index in [1.54, 1.807) is 19.2 Å². The maximum atomic E-state index is 12.8. The van der Waals surface area contributed by atoms with Crippen LogP contribution in [0.4, 0.5) is 4.39 Å². The van der Waals surface area contributed by atoms with Gasteiger partial charge in [0.1, 0.15) is 17.7 Å². The van der Waals surface area contributed by atoms with Crippen LogP contribution in [0.15, 0.2) is 29.3 Å². The van der Waals surface area contributed by atoms with E-state index in [-0.39, 0.29) is 11.9 Å². The van der Waals surface area contributed by atoms with Crippen molar-refractivity contribution in [3.8, 4) is 5.75 Å². The van der Waals surface area contributed by atoms with Gasteiger partial charge in [-0.3, -0.25) is 4.99 Å². The summed E-state index contributed by atoms with van der Waals surface area (Å²) in [5.74, 6) is 1.16. The molecule has 1 aromatic rings. The summed E-state index contributed by atoms with van der Waals surface area (Å²) in [7, 11) is 1.73. The predicted molar refractivity (Wildman–Crippen MR) is 76.1 cm³/mol. The molecule has 0 saturated carbocycles. The highest BCUT2D eigenvalue weighted by Crippen LogP contribution is 2.12. The Kier molecular flexibility index (Phi) is 6.71. The summed E-state index contributed by atoms with van der Waals surface area (Å²) in [4.78, 5) is 4.11. The number of rotatable bonds is 6. The fourth-order valence-corrected chi connectivity index (χ4v) is 1.49. The number of aliphatic imine (C=N–C) groups is 1. The van der Waals surface area contributed by atoms with Crippen molar-refractivity contribution >= 4 is 5.96 Å². The van der Waals surface area contributed by atoms with E-state index in [0.717, 1.165) is 18.9 Å². The first kappa shape index (κ1) is 15.3. The first-order valence-corrected chi connectivity index (χ1v) is 6.52. The second-order valence-corrected chi connectivity index (χ2v) is 4.26. The summed E-state index contributed by atoms with van der Waals surface area (Å²) >= 11 is 0. The fraction of sp³-hybridized carbons (Fsp3) is 0.500. The van der Waals surface area contributed by atoms with E-state index >= 15 is 0 Å². The lowest BCUT2D eigenvalue weighted by Crippen LogP contribution is -2.42. The van der Waals surface area contributed by atoms with Crippen LogP contribution >= 0.6 is 0 Å². The summed E-state index contributed by atoms with van der Waals surface area (Å²) < 4.78 is 18.4. The lowest BCUT2D eigenvalue weighted by atomic mass is 10.3. The van der Waals surface area contributed by atoms with Crippen LogP contribution in [0.5, 0.6) is 5.75 Å². The number of nitrogens with one attached hydrogen (secondary N) is 2. The minimum absolute atomic E-state index is 0.0364. The summed E-state index contributed by atoms with van der Waals surface area (Å²) in [5, 5.41) is 6.35. The maximum Gasteiger partial charge on any atom is 0.191 e. The third-order valence-electron chi connectivity index (χ3n) is 2.47. The van der Waals surface area contributed by atoms with E-state index in [1.165, 1.54) is 12.1 Å². The first-order valence-electron chi connectivity index (χ1n) is 6.52. The molecule has 19 heavy (non-hydrogen) atoms. The average Bonchev–Trinajstić information content (AvgIpc) is 2.42. The van der Waals surface area contributed by atoms with Crippen molar-refractivity contribution < 1.29 is 9.13 Å². The smallest absolute Gasteiger partial charge is 0.191 e. The van der Waals surface area contributed by atoms with Gasteiger partial charge in [0.05, 0.1) is 6.54 Å². The van der Waals surface area contributed by atoms with Gasteiger partial charge in [-0.25, -0.2) is 4.39 Å². The molecule has 106 valence electrons. The second-order valence-electron chi connectivity index (χ2n) is 4.26. The molecule has 1 unspecified atom stereocenters. The molecule has 0 aliphatic heterocycles. The van der Waals surface area contributed by atoms with Crippen LogP contribution in [0, 0.1) is 5.82 Å². The number of benzene rings is 1. The van der Waals surface area contributed by atoms with Gasteiger partial charge in [0.2, 0.25) is 0 Å². The molecular weight excluding hydrogens is 245 g/mol. The number of hydrogen-bond acceptors (Lipinski definition) is 2. The highest BCUT2D eigenvalue weighted by atomic mass is 19.1. The molecule has 4 nitrogen and oxygen atoms in total. The number of nitrogens with zero attached hydrogens (tertiary/aromatic N) is 1. The third kappa shape index (κ3) is 6.08. The van der Waals surface area contributed by atoms with Gasteiger partial charge in [0.25, 0.3) is 0 Å². The largest absolute Gasteiger partial charge is 0.489 e. The molecule has 0 aromatic heterocycles. The summed E-state index contributed by atoms with van der Waals surface area (Å²) in [6.45, 7) is 5.55. The highest BCUT2D eigenvalue weighted by molar-refractivity contribution is 5.79. The molecule has 0 radical (unpaired) electrons. The van der Waals surface area contributed by atoms with Crippen LogP contribution in [0.1, 0.15) is 20.3 Å². The quantitative estimate of drug-likeness (QED) is 0.613. The van der Waals surface area contributed by atoms with Gasteiger partial charge in [-0.05, 0) is 37.6 Å². The van der Waals surface area contributed by atoms with Crippen LogP contribution in [-0.4, -0.2) is 32.2 Å². The summed E-state index contributed by atoms with van der Waals surface area (Å²) in [5.41, 5.74) is 0. The number of hydrogen-bond donors (Lipinski definition) is 2. The maximum absolute atomic E-state index is 12.8. The molecule has 2 N–H and O–H groups in total. The lowest BCUT2D eigenvalue weighted by Gasteiger charge is -2.17. The molecule has 0 heterocycles. The molecule has 1 atom stereocenters. The zero-order valence-electron chi connectivity index (χ0n) is 11.7. The van der Waals surface area contributed by atoms with E-state index < -0.39 is 0 Å². The molecule has 0 spiro atoms. The Labute approximate surface area is 114 Å². The Hall–Kier alpha value is -1.78. The Morgan fingerprint density at radius 1 is 1.32 bits per heavy atom. The van der Waals surface area contributed by atoms with Gasteiger partial charge < -0.3 is 15.4 Å². The van der Waals surface area contributed by atoms with Crippen LogP contribution in [0.2, 0.25) is 0 Å². The van der Waals surface area contributed by atoms with E-state index in [1.807, 2.05) is 6.92 Å². The molecular formula is C14H22FN3O. The second kappa shape index (κ2) is 8.34. The molecule has 5 heteroatoms. The predicted octanol–water partition coefficient (Wildman–Crippen LogP) is 2.17. The van der Waals surface area contributed by atoms with Gasteiger partial charge in [-0.1, -0.05) is 6.92 Å². The van der Waals surface area contributed by atoms with Crippen LogP contribution < -0.4 is 15.4 Å². The van der Waals surface area contributed by atoms with Gasteiger partial charge in [-0.2, -0.15) is 0 Å². The fourth-order valence-electron chi connectivity index (χ4n) is 1.49. The molecule has 0 saturated heterocycles. The van der Waals surface area contributed by atoms with Crippen LogP contribution in [0.25, 0.3) is 0 Å². The normalized spacial score (nSPS) is 12.9. The molecule has 0 fully saturated rings. The van der Waals surface area contributed by atoms with Crippen molar-refractivity contribution in [2.45, 2.75) is 26.4 Å². The van der Waals surface area contributed by atoms with E-state index in [2.05, 4.69) is 22.5 Å². The number of guanidine groups is 1. The standard InChI is InChI=1S/C14H22FN3O/c1-4-9-17-14(16-3)18-10-11(2)19-13-7-5-12(15)6-8-13/h5-8,11H,4,9-10H2,1-3H3,(H2,16,17,18). The molecule has 0 amide bonds. The van der Waals surface area contributed by atoms with Crippen molar-refractivity contribution in [3.05, 3.63) is 30.1 Å². The average molecular weight is 267 g/mol. The minimum atomic E-state index is -0.262. The number of halogens is 1. The monoisotopic (exact) mass is 267 g/mol. The van der Waals surface area contributed by atoms with Crippen molar-refractivity contribution in [2.75, 3.05) is 20.1 Å². The van der Waals surface area contributed by atoms with Crippen LogP contribution in [0.3, 0.4) is 0 Å². The number of ether oxygens (including phenoxy) is 1. The molecule has 0 bridgehead atoms.